The summed E-state index contributed by atoms with van der Waals surface area (Å²) in [5.74, 6) is 6.95. The fourth-order valence-corrected chi connectivity index (χ4v) is 2.47. The zero-order chi connectivity index (χ0) is 14.5. The molecule has 1 saturated heterocycles. The summed E-state index contributed by atoms with van der Waals surface area (Å²) in [6.45, 7) is 1.46. The van der Waals surface area contributed by atoms with Crippen LogP contribution < -0.4 is 4.74 Å². The zero-order valence-electron chi connectivity index (χ0n) is 11.8. The molecule has 108 valence electrons. The van der Waals surface area contributed by atoms with Crippen molar-refractivity contribution in [2.75, 3.05) is 19.8 Å². The zero-order valence-corrected chi connectivity index (χ0v) is 11.8. The van der Waals surface area contributed by atoms with Gasteiger partial charge in [-0.25, -0.2) is 0 Å². The van der Waals surface area contributed by atoms with Gasteiger partial charge >= 0.3 is 0 Å². The summed E-state index contributed by atoms with van der Waals surface area (Å²) in [6.07, 6.45) is 1.48. The van der Waals surface area contributed by atoms with E-state index in [2.05, 4.69) is 30.0 Å². The molecule has 2 aromatic carbocycles. The molecule has 0 aliphatic carbocycles. The van der Waals surface area contributed by atoms with Crippen molar-refractivity contribution in [2.24, 2.45) is 0 Å². The second-order valence-electron chi connectivity index (χ2n) is 5.04. The average Bonchev–Trinajstić information content (AvgIpc) is 3.02. The summed E-state index contributed by atoms with van der Waals surface area (Å²) in [6, 6.07) is 12.2. The van der Waals surface area contributed by atoms with Crippen molar-refractivity contribution < 1.29 is 14.6 Å². The summed E-state index contributed by atoms with van der Waals surface area (Å²) in [4.78, 5) is 0. The Morgan fingerprint density at radius 2 is 2.14 bits per heavy atom. The molecular formula is C18H18O3. The molecule has 21 heavy (non-hydrogen) atoms. The predicted molar refractivity (Wildman–Crippen MR) is 82.4 cm³/mol. The lowest BCUT2D eigenvalue weighted by atomic mass is 10.0. The lowest BCUT2D eigenvalue weighted by molar-refractivity contribution is 0.141. The molecule has 0 saturated carbocycles. The Kier molecular flexibility index (Phi) is 4.40. The SMILES string of the molecule is OCCC#Cc1c(OC2CCOC2)ccc2ccccc12. The highest BCUT2D eigenvalue weighted by molar-refractivity contribution is 5.90. The van der Waals surface area contributed by atoms with Crippen molar-refractivity contribution in [2.45, 2.75) is 18.9 Å². The van der Waals surface area contributed by atoms with E-state index in [4.69, 9.17) is 14.6 Å². The molecule has 1 unspecified atom stereocenters. The van der Waals surface area contributed by atoms with Gasteiger partial charge in [-0.2, -0.15) is 0 Å². The molecule has 0 radical (unpaired) electrons. The number of rotatable bonds is 3. The van der Waals surface area contributed by atoms with Gasteiger partial charge in [-0.1, -0.05) is 42.2 Å². The first-order valence-corrected chi connectivity index (χ1v) is 7.24. The summed E-state index contributed by atoms with van der Waals surface area (Å²) < 4.78 is 11.4. The maximum Gasteiger partial charge on any atom is 0.136 e. The van der Waals surface area contributed by atoms with Crippen LogP contribution >= 0.6 is 0 Å². The highest BCUT2D eigenvalue weighted by atomic mass is 16.5. The molecule has 1 fully saturated rings. The van der Waals surface area contributed by atoms with Gasteiger partial charge in [-0.3, -0.25) is 0 Å². The van der Waals surface area contributed by atoms with Crippen molar-refractivity contribution in [3.05, 3.63) is 42.0 Å². The van der Waals surface area contributed by atoms with Gasteiger partial charge in [-0.05, 0) is 11.5 Å². The fourth-order valence-electron chi connectivity index (χ4n) is 2.47. The second-order valence-corrected chi connectivity index (χ2v) is 5.04. The molecule has 1 aliphatic rings. The average molecular weight is 282 g/mol. The Bertz CT molecular complexity index is 676. The van der Waals surface area contributed by atoms with Crippen LogP contribution in [0, 0.1) is 11.8 Å². The van der Waals surface area contributed by atoms with Gasteiger partial charge in [0, 0.05) is 18.2 Å². The lowest BCUT2D eigenvalue weighted by Crippen LogP contribution is -2.16. The number of ether oxygens (including phenoxy) is 2. The van der Waals surface area contributed by atoms with Crippen LogP contribution in [0.3, 0.4) is 0 Å². The van der Waals surface area contributed by atoms with E-state index < -0.39 is 0 Å². The molecule has 0 amide bonds. The highest BCUT2D eigenvalue weighted by Crippen LogP contribution is 2.29. The van der Waals surface area contributed by atoms with Gasteiger partial charge < -0.3 is 14.6 Å². The van der Waals surface area contributed by atoms with Crippen molar-refractivity contribution in [1.29, 1.82) is 0 Å². The second kappa shape index (κ2) is 6.62. The van der Waals surface area contributed by atoms with Gasteiger partial charge in [0.1, 0.15) is 11.9 Å². The summed E-state index contributed by atoms with van der Waals surface area (Å²) in [7, 11) is 0. The van der Waals surface area contributed by atoms with E-state index in [1.165, 1.54) is 0 Å². The van der Waals surface area contributed by atoms with Crippen molar-refractivity contribution in [3.8, 4) is 17.6 Å². The van der Waals surface area contributed by atoms with Gasteiger partial charge in [0.05, 0.1) is 25.4 Å². The normalized spacial score (nSPS) is 17.5. The Morgan fingerprint density at radius 3 is 2.95 bits per heavy atom. The van der Waals surface area contributed by atoms with Crippen LogP contribution in [0.25, 0.3) is 10.8 Å². The van der Waals surface area contributed by atoms with Gasteiger partial charge in [0.2, 0.25) is 0 Å². The van der Waals surface area contributed by atoms with Crippen LogP contribution in [0.5, 0.6) is 5.75 Å². The largest absolute Gasteiger partial charge is 0.487 e. The van der Waals surface area contributed by atoms with Crippen molar-refractivity contribution >= 4 is 10.8 Å². The molecule has 1 aliphatic heterocycles. The summed E-state index contributed by atoms with van der Waals surface area (Å²) >= 11 is 0. The first-order valence-electron chi connectivity index (χ1n) is 7.24. The summed E-state index contributed by atoms with van der Waals surface area (Å²) in [5, 5.41) is 11.1. The quantitative estimate of drug-likeness (QED) is 0.880. The third kappa shape index (κ3) is 3.18. The van der Waals surface area contributed by atoms with Crippen LogP contribution in [0.4, 0.5) is 0 Å². The predicted octanol–water partition coefficient (Wildman–Crippen LogP) is 2.74. The van der Waals surface area contributed by atoms with E-state index in [0.717, 1.165) is 35.1 Å². The minimum absolute atomic E-state index is 0.0738. The molecule has 3 nitrogen and oxygen atoms in total. The van der Waals surface area contributed by atoms with Crippen LogP contribution in [-0.2, 0) is 4.74 Å². The standard InChI is InChI=1S/C18H18O3/c19-11-4-3-7-17-16-6-2-1-5-14(16)8-9-18(17)21-15-10-12-20-13-15/h1-2,5-6,8-9,15,19H,4,10-13H2. The molecular weight excluding hydrogens is 264 g/mol. The minimum Gasteiger partial charge on any atom is -0.487 e. The van der Waals surface area contributed by atoms with Crippen LogP contribution in [0.1, 0.15) is 18.4 Å². The highest BCUT2D eigenvalue weighted by Gasteiger charge is 2.19. The maximum atomic E-state index is 8.91. The molecule has 0 aromatic heterocycles. The fraction of sp³-hybridized carbons (Fsp3) is 0.333. The monoisotopic (exact) mass is 282 g/mol. The number of benzene rings is 2. The first-order chi connectivity index (χ1) is 10.4. The molecule has 2 aromatic rings. The maximum absolute atomic E-state index is 8.91. The van der Waals surface area contributed by atoms with E-state index in [9.17, 15) is 0 Å². The Hall–Kier alpha value is -2.02. The third-order valence-electron chi connectivity index (χ3n) is 3.52. The molecule has 0 spiro atoms. The number of fused-ring (bicyclic) bond motifs is 1. The smallest absolute Gasteiger partial charge is 0.136 e. The molecule has 3 heteroatoms. The topological polar surface area (TPSA) is 38.7 Å². The van der Waals surface area contributed by atoms with Gasteiger partial charge in [0.15, 0.2) is 0 Å². The van der Waals surface area contributed by atoms with E-state index >= 15 is 0 Å². The number of aliphatic hydroxyl groups is 1. The summed E-state index contributed by atoms with van der Waals surface area (Å²) in [5.41, 5.74) is 0.897. The van der Waals surface area contributed by atoms with Crippen molar-refractivity contribution in [3.63, 3.8) is 0 Å². The van der Waals surface area contributed by atoms with Crippen LogP contribution in [-0.4, -0.2) is 31.0 Å². The van der Waals surface area contributed by atoms with Crippen LogP contribution in [0.15, 0.2) is 36.4 Å². The van der Waals surface area contributed by atoms with Gasteiger partial charge in [-0.15, -0.1) is 0 Å². The van der Waals surface area contributed by atoms with E-state index in [0.29, 0.717) is 13.0 Å². The Balaban J connectivity index is 2.01. The number of hydrogen-bond acceptors (Lipinski definition) is 3. The van der Waals surface area contributed by atoms with Crippen LogP contribution in [0.2, 0.25) is 0 Å². The molecule has 1 heterocycles. The third-order valence-corrected chi connectivity index (χ3v) is 3.52. The molecule has 3 rings (SSSR count). The lowest BCUT2D eigenvalue weighted by Gasteiger charge is -2.15. The number of aliphatic hydroxyl groups excluding tert-OH is 1. The number of hydrogen-bond donors (Lipinski definition) is 1. The molecule has 0 bridgehead atoms. The van der Waals surface area contributed by atoms with E-state index in [1.807, 2.05) is 18.2 Å². The van der Waals surface area contributed by atoms with E-state index in [-0.39, 0.29) is 12.7 Å². The first kappa shape index (κ1) is 13.9. The van der Waals surface area contributed by atoms with Crippen molar-refractivity contribution in [1.82, 2.24) is 0 Å². The Labute approximate surface area is 124 Å². The minimum atomic E-state index is 0.0738. The molecule has 1 atom stereocenters. The molecule has 1 N–H and O–H groups in total. The van der Waals surface area contributed by atoms with E-state index in [1.54, 1.807) is 0 Å². The Morgan fingerprint density at radius 1 is 1.24 bits per heavy atom. The van der Waals surface area contributed by atoms with Gasteiger partial charge in [0.25, 0.3) is 0 Å².